The van der Waals surface area contributed by atoms with E-state index in [9.17, 15) is 4.79 Å². The van der Waals surface area contributed by atoms with E-state index in [1.54, 1.807) is 10.9 Å². The standard InChI is InChI=1S/C13H17N3OS/c17-13-12-11(4-7-18-12)15-9-16(13)6-3-10-2-1-5-14-8-10/h4,7,9-10,14H,1-3,5-6,8H2. The average Bonchev–Trinajstić information content (AvgIpc) is 2.88. The summed E-state index contributed by atoms with van der Waals surface area (Å²) in [4.78, 5) is 16.5. The van der Waals surface area contributed by atoms with Gasteiger partial charge in [-0.3, -0.25) is 9.36 Å². The highest BCUT2D eigenvalue weighted by Crippen LogP contribution is 2.16. The molecule has 3 rings (SSSR count). The van der Waals surface area contributed by atoms with Crippen LogP contribution in [0.2, 0.25) is 0 Å². The van der Waals surface area contributed by atoms with Gasteiger partial charge in [0, 0.05) is 6.54 Å². The summed E-state index contributed by atoms with van der Waals surface area (Å²) < 4.78 is 2.53. The van der Waals surface area contributed by atoms with E-state index >= 15 is 0 Å². The minimum Gasteiger partial charge on any atom is -0.316 e. The summed E-state index contributed by atoms with van der Waals surface area (Å²) in [5.41, 5.74) is 0.930. The van der Waals surface area contributed by atoms with Crippen molar-refractivity contribution in [2.75, 3.05) is 13.1 Å². The predicted molar refractivity (Wildman–Crippen MR) is 74.1 cm³/mol. The molecule has 1 N–H and O–H groups in total. The topological polar surface area (TPSA) is 46.9 Å². The van der Waals surface area contributed by atoms with Gasteiger partial charge in [-0.1, -0.05) is 0 Å². The molecule has 0 aliphatic carbocycles. The van der Waals surface area contributed by atoms with Crippen LogP contribution in [0.15, 0.2) is 22.6 Å². The van der Waals surface area contributed by atoms with E-state index in [0.717, 1.165) is 36.3 Å². The smallest absolute Gasteiger partial charge is 0.271 e. The zero-order valence-corrected chi connectivity index (χ0v) is 11.1. The Hall–Kier alpha value is -1.20. The maximum atomic E-state index is 12.2. The Morgan fingerprint density at radius 3 is 3.33 bits per heavy atom. The van der Waals surface area contributed by atoms with Crippen molar-refractivity contribution in [2.24, 2.45) is 5.92 Å². The number of hydrogen-bond acceptors (Lipinski definition) is 4. The molecule has 18 heavy (non-hydrogen) atoms. The minimum atomic E-state index is 0.110. The fraction of sp³-hybridized carbons (Fsp3) is 0.538. The van der Waals surface area contributed by atoms with Gasteiger partial charge in [0.2, 0.25) is 0 Å². The second-order valence-electron chi connectivity index (χ2n) is 4.88. The van der Waals surface area contributed by atoms with Crippen LogP contribution >= 0.6 is 11.3 Å². The zero-order chi connectivity index (χ0) is 12.4. The van der Waals surface area contributed by atoms with Crippen LogP contribution in [0.4, 0.5) is 0 Å². The lowest BCUT2D eigenvalue weighted by molar-refractivity contribution is 0.340. The zero-order valence-electron chi connectivity index (χ0n) is 10.3. The third-order valence-electron chi connectivity index (χ3n) is 3.61. The molecule has 3 heterocycles. The van der Waals surface area contributed by atoms with Crippen molar-refractivity contribution >= 4 is 21.6 Å². The van der Waals surface area contributed by atoms with Crippen molar-refractivity contribution < 1.29 is 0 Å². The maximum Gasteiger partial charge on any atom is 0.271 e. The maximum absolute atomic E-state index is 12.2. The lowest BCUT2D eigenvalue weighted by Gasteiger charge is -2.22. The van der Waals surface area contributed by atoms with Crippen LogP contribution in [-0.2, 0) is 6.54 Å². The second-order valence-corrected chi connectivity index (χ2v) is 5.80. The highest BCUT2D eigenvalue weighted by Gasteiger charge is 2.13. The van der Waals surface area contributed by atoms with Crippen LogP contribution in [0.25, 0.3) is 10.2 Å². The highest BCUT2D eigenvalue weighted by molar-refractivity contribution is 7.17. The number of nitrogens with one attached hydrogen (secondary N) is 1. The van der Waals surface area contributed by atoms with E-state index in [1.165, 1.54) is 24.2 Å². The minimum absolute atomic E-state index is 0.110. The van der Waals surface area contributed by atoms with Crippen molar-refractivity contribution in [1.82, 2.24) is 14.9 Å². The summed E-state index contributed by atoms with van der Waals surface area (Å²) in [7, 11) is 0. The van der Waals surface area contributed by atoms with Gasteiger partial charge in [-0.05, 0) is 49.7 Å². The lowest BCUT2D eigenvalue weighted by Crippen LogP contribution is -2.31. The lowest BCUT2D eigenvalue weighted by atomic mass is 9.96. The molecular formula is C13H17N3OS. The number of aromatic nitrogens is 2. The van der Waals surface area contributed by atoms with E-state index < -0.39 is 0 Å². The SMILES string of the molecule is O=c1c2sccc2ncn1CCC1CCCNC1. The van der Waals surface area contributed by atoms with Gasteiger partial charge in [-0.2, -0.15) is 0 Å². The van der Waals surface area contributed by atoms with Crippen LogP contribution in [-0.4, -0.2) is 22.6 Å². The monoisotopic (exact) mass is 263 g/mol. The molecule has 0 saturated carbocycles. The molecular weight excluding hydrogens is 246 g/mol. The van der Waals surface area contributed by atoms with Gasteiger partial charge in [-0.15, -0.1) is 11.3 Å². The number of rotatable bonds is 3. The number of nitrogens with zero attached hydrogens (tertiary/aromatic N) is 2. The number of piperidine rings is 1. The molecule has 0 aromatic carbocycles. The van der Waals surface area contributed by atoms with Crippen molar-refractivity contribution in [1.29, 1.82) is 0 Å². The predicted octanol–water partition coefficient (Wildman–Crippen LogP) is 1.85. The summed E-state index contributed by atoms with van der Waals surface area (Å²) in [6.07, 6.45) is 5.28. The van der Waals surface area contributed by atoms with Gasteiger partial charge in [0.15, 0.2) is 0 Å². The van der Waals surface area contributed by atoms with Gasteiger partial charge in [0.25, 0.3) is 5.56 Å². The fourth-order valence-electron chi connectivity index (χ4n) is 2.53. The van der Waals surface area contributed by atoms with Crippen LogP contribution in [0.1, 0.15) is 19.3 Å². The summed E-state index contributed by atoms with van der Waals surface area (Å²) in [5, 5.41) is 5.34. The Bertz CT molecular complexity index is 583. The molecule has 1 atom stereocenters. The molecule has 5 heteroatoms. The first-order chi connectivity index (χ1) is 8.84. The first-order valence-electron chi connectivity index (χ1n) is 6.48. The third kappa shape index (κ3) is 2.33. The van der Waals surface area contributed by atoms with Crippen molar-refractivity contribution in [3.63, 3.8) is 0 Å². The Kier molecular flexibility index (Phi) is 3.43. The summed E-state index contributed by atoms with van der Waals surface area (Å²) in [6.45, 7) is 3.01. The molecule has 0 amide bonds. The summed E-state index contributed by atoms with van der Waals surface area (Å²) in [6, 6.07) is 1.90. The normalized spacial score (nSPS) is 20.3. The van der Waals surface area contributed by atoms with E-state index in [-0.39, 0.29) is 5.56 Å². The molecule has 1 aliphatic heterocycles. The van der Waals surface area contributed by atoms with E-state index in [4.69, 9.17) is 0 Å². The molecule has 0 spiro atoms. The number of hydrogen-bond donors (Lipinski definition) is 1. The van der Waals surface area contributed by atoms with Gasteiger partial charge >= 0.3 is 0 Å². The molecule has 1 aliphatic rings. The Balaban J connectivity index is 1.74. The quantitative estimate of drug-likeness (QED) is 0.919. The van der Waals surface area contributed by atoms with E-state index in [1.807, 2.05) is 11.4 Å². The van der Waals surface area contributed by atoms with Crippen molar-refractivity contribution in [3.05, 3.63) is 28.1 Å². The average molecular weight is 263 g/mol. The first kappa shape index (κ1) is 11.9. The molecule has 0 bridgehead atoms. The molecule has 0 radical (unpaired) electrons. The Morgan fingerprint density at radius 2 is 2.50 bits per heavy atom. The molecule has 4 nitrogen and oxygen atoms in total. The first-order valence-corrected chi connectivity index (χ1v) is 7.36. The Labute approximate surface area is 110 Å². The summed E-state index contributed by atoms with van der Waals surface area (Å²) in [5.74, 6) is 0.699. The molecule has 1 fully saturated rings. The number of aryl methyl sites for hydroxylation is 1. The van der Waals surface area contributed by atoms with Gasteiger partial charge in [-0.25, -0.2) is 4.98 Å². The molecule has 2 aromatic rings. The van der Waals surface area contributed by atoms with Crippen LogP contribution in [0.3, 0.4) is 0 Å². The largest absolute Gasteiger partial charge is 0.316 e. The Morgan fingerprint density at radius 1 is 1.56 bits per heavy atom. The van der Waals surface area contributed by atoms with Crippen LogP contribution in [0.5, 0.6) is 0 Å². The van der Waals surface area contributed by atoms with Gasteiger partial charge in [0.1, 0.15) is 4.70 Å². The molecule has 2 aromatic heterocycles. The van der Waals surface area contributed by atoms with Crippen LogP contribution in [0, 0.1) is 5.92 Å². The number of fused-ring (bicyclic) bond motifs is 1. The highest BCUT2D eigenvalue weighted by atomic mass is 32.1. The van der Waals surface area contributed by atoms with E-state index in [0.29, 0.717) is 5.92 Å². The molecule has 96 valence electrons. The fourth-order valence-corrected chi connectivity index (χ4v) is 3.32. The van der Waals surface area contributed by atoms with E-state index in [2.05, 4.69) is 10.3 Å². The van der Waals surface area contributed by atoms with Crippen molar-refractivity contribution in [2.45, 2.75) is 25.8 Å². The van der Waals surface area contributed by atoms with Gasteiger partial charge in [0.05, 0.1) is 11.8 Å². The van der Waals surface area contributed by atoms with Gasteiger partial charge < -0.3 is 5.32 Å². The summed E-state index contributed by atoms with van der Waals surface area (Å²) >= 11 is 1.48. The second kappa shape index (κ2) is 5.20. The van der Waals surface area contributed by atoms with Crippen LogP contribution < -0.4 is 10.9 Å². The van der Waals surface area contributed by atoms with Crippen molar-refractivity contribution in [3.8, 4) is 0 Å². The third-order valence-corrected chi connectivity index (χ3v) is 4.50. The number of thiophene rings is 1. The molecule has 1 unspecified atom stereocenters. The molecule has 1 saturated heterocycles.